The van der Waals surface area contributed by atoms with Crippen LogP contribution in [-0.4, -0.2) is 22.6 Å². The van der Waals surface area contributed by atoms with E-state index in [0.717, 1.165) is 31.9 Å². The summed E-state index contributed by atoms with van der Waals surface area (Å²) in [7, 11) is 0. The van der Waals surface area contributed by atoms with Crippen LogP contribution >= 0.6 is 11.5 Å². The highest BCUT2D eigenvalue weighted by Gasteiger charge is 2.19. The predicted octanol–water partition coefficient (Wildman–Crippen LogP) is 1.01. The van der Waals surface area contributed by atoms with E-state index in [4.69, 9.17) is 10.5 Å². The average Bonchev–Trinajstić information content (AvgIpc) is 2.54. The zero-order valence-corrected chi connectivity index (χ0v) is 7.51. The fourth-order valence-corrected chi connectivity index (χ4v) is 1.87. The van der Waals surface area contributed by atoms with E-state index < -0.39 is 0 Å². The van der Waals surface area contributed by atoms with E-state index in [1.165, 1.54) is 11.5 Å². The Morgan fingerprint density at radius 1 is 1.58 bits per heavy atom. The standard InChI is InChI=1S/C7H11N3OS/c8-7-9-6(10-12-7)5-2-1-3-11-4-5/h5H,1-4H2,(H2,8,9,10). The van der Waals surface area contributed by atoms with Gasteiger partial charge in [-0.2, -0.15) is 4.37 Å². The molecule has 5 heteroatoms. The van der Waals surface area contributed by atoms with Gasteiger partial charge in [0.1, 0.15) is 5.82 Å². The van der Waals surface area contributed by atoms with Gasteiger partial charge in [0.15, 0.2) is 5.13 Å². The van der Waals surface area contributed by atoms with Crippen LogP contribution < -0.4 is 5.73 Å². The Morgan fingerprint density at radius 3 is 3.08 bits per heavy atom. The normalized spacial score (nSPS) is 24.2. The Labute approximate surface area is 74.9 Å². The van der Waals surface area contributed by atoms with Crippen molar-refractivity contribution in [3.8, 4) is 0 Å². The molecule has 1 unspecified atom stereocenters. The van der Waals surface area contributed by atoms with E-state index in [-0.39, 0.29) is 0 Å². The molecule has 0 radical (unpaired) electrons. The molecule has 0 bridgehead atoms. The molecule has 12 heavy (non-hydrogen) atoms. The minimum Gasteiger partial charge on any atom is -0.381 e. The van der Waals surface area contributed by atoms with Crippen LogP contribution in [0.25, 0.3) is 0 Å². The SMILES string of the molecule is Nc1nc(C2CCCOC2)ns1. The lowest BCUT2D eigenvalue weighted by molar-refractivity contribution is 0.0784. The molecule has 1 aromatic heterocycles. The Bertz CT molecular complexity index is 257. The number of nitrogens with two attached hydrogens (primary N) is 1. The molecule has 2 heterocycles. The van der Waals surface area contributed by atoms with E-state index in [1.807, 2.05) is 0 Å². The van der Waals surface area contributed by atoms with Gasteiger partial charge in [0.2, 0.25) is 0 Å². The van der Waals surface area contributed by atoms with Crippen molar-refractivity contribution < 1.29 is 4.74 Å². The fourth-order valence-electron chi connectivity index (χ4n) is 1.36. The van der Waals surface area contributed by atoms with Crippen molar-refractivity contribution in [3.05, 3.63) is 5.82 Å². The molecule has 0 aliphatic carbocycles. The number of hydrogen-bond donors (Lipinski definition) is 1. The summed E-state index contributed by atoms with van der Waals surface area (Å²) in [4.78, 5) is 4.14. The third kappa shape index (κ3) is 1.56. The zero-order chi connectivity index (χ0) is 8.39. The summed E-state index contributed by atoms with van der Waals surface area (Å²) in [6.45, 7) is 1.62. The Balaban J connectivity index is 2.08. The van der Waals surface area contributed by atoms with Crippen LogP contribution in [0, 0.1) is 0 Å². The maximum atomic E-state index is 5.49. The molecular formula is C7H11N3OS. The number of nitrogen functional groups attached to an aromatic ring is 1. The summed E-state index contributed by atoms with van der Waals surface area (Å²) >= 11 is 1.26. The molecule has 1 saturated heterocycles. The largest absolute Gasteiger partial charge is 0.381 e. The molecule has 1 aliphatic rings. The molecule has 0 spiro atoms. The average molecular weight is 185 g/mol. The molecule has 2 rings (SSSR count). The van der Waals surface area contributed by atoms with Gasteiger partial charge < -0.3 is 10.5 Å². The van der Waals surface area contributed by atoms with E-state index >= 15 is 0 Å². The quantitative estimate of drug-likeness (QED) is 0.709. The van der Waals surface area contributed by atoms with Crippen LogP contribution in [0.2, 0.25) is 0 Å². The Kier molecular flexibility index (Phi) is 2.23. The lowest BCUT2D eigenvalue weighted by atomic mass is 10.0. The lowest BCUT2D eigenvalue weighted by Gasteiger charge is -2.18. The van der Waals surface area contributed by atoms with E-state index in [9.17, 15) is 0 Å². The molecule has 1 fully saturated rings. The van der Waals surface area contributed by atoms with Gasteiger partial charge in [-0.05, 0) is 12.8 Å². The predicted molar refractivity (Wildman–Crippen MR) is 47.1 cm³/mol. The molecule has 4 nitrogen and oxygen atoms in total. The van der Waals surface area contributed by atoms with Gasteiger partial charge in [-0.25, -0.2) is 4.98 Å². The van der Waals surface area contributed by atoms with Gasteiger partial charge in [-0.1, -0.05) is 0 Å². The second-order valence-electron chi connectivity index (χ2n) is 2.90. The van der Waals surface area contributed by atoms with Crippen molar-refractivity contribution in [2.75, 3.05) is 18.9 Å². The number of aromatic nitrogens is 2. The highest BCUT2D eigenvalue weighted by molar-refractivity contribution is 7.09. The summed E-state index contributed by atoms with van der Waals surface area (Å²) in [6, 6.07) is 0. The van der Waals surface area contributed by atoms with Gasteiger partial charge in [0.05, 0.1) is 6.61 Å². The van der Waals surface area contributed by atoms with Gasteiger partial charge in [-0.15, -0.1) is 0 Å². The second kappa shape index (κ2) is 3.37. The molecule has 1 aromatic rings. The van der Waals surface area contributed by atoms with Crippen molar-refractivity contribution in [3.63, 3.8) is 0 Å². The van der Waals surface area contributed by atoms with Crippen LogP contribution in [0.5, 0.6) is 0 Å². The maximum absolute atomic E-state index is 5.49. The van der Waals surface area contributed by atoms with Crippen LogP contribution in [0.3, 0.4) is 0 Å². The number of ether oxygens (including phenoxy) is 1. The van der Waals surface area contributed by atoms with E-state index in [2.05, 4.69) is 9.36 Å². The van der Waals surface area contributed by atoms with Gasteiger partial charge >= 0.3 is 0 Å². The van der Waals surface area contributed by atoms with Gasteiger partial charge in [0, 0.05) is 24.1 Å². The number of rotatable bonds is 1. The van der Waals surface area contributed by atoms with Crippen molar-refractivity contribution in [1.82, 2.24) is 9.36 Å². The third-order valence-electron chi connectivity index (χ3n) is 1.98. The third-order valence-corrected chi connectivity index (χ3v) is 2.54. The smallest absolute Gasteiger partial charge is 0.199 e. The second-order valence-corrected chi connectivity index (χ2v) is 3.69. The van der Waals surface area contributed by atoms with Crippen molar-refractivity contribution in [1.29, 1.82) is 0 Å². The van der Waals surface area contributed by atoms with Crippen molar-refractivity contribution in [2.24, 2.45) is 0 Å². The summed E-state index contributed by atoms with van der Waals surface area (Å²) in [5, 5.41) is 0.551. The Hall–Kier alpha value is -0.680. The zero-order valence-electron chi connectivity index (χ0n) is 6.69. The summed E-state index contributed by atoms with van der Waals surface area (Å²) in [6.07, 6.45) is 2.22. The van der Waals surface area contributed by atoms with Gasteiger partial charge in [-0.3, -0.25) is 0 Å². The van der Waals surface area contributed by atoms with Crippen LogP contribution in [0.1, 0.15) is 24.6 Å². The summed E-state index contributed by atoms with van der Waals surface area (Å²) in [5.74, 6) is 1.23. The van der Waals surface area contributed by atoms with Crippen LogP contribution in [0.15, 0.2) is 0 Å². The minimum absolute atomic E-state index is 0.368. The van der Waals surface area contributed by atoms with Crippen molar-refractivity contribution in [2.45, 2.75) is 18.8 Å². The number of nitrogens with zero attached hydrogens (tertiary/aromatic N) is 2. The Morgan fingerprint density at radius 2 is 2.50 bits per heavy atom. The van der Waals surface area contributed by atoms with Crippen LogP contribution in [-0.2, 0) is 4.74 Å². The number of hydrogen-bond acceptors (Lipinski definition) is 5. The number of anilines is 1. The topological polar surface area (TPSA) is 61.0 Å². The molecule has 2 N–H and O–H groups in total. The molecule has 0 saturated carbocycles. The molecule has 0 amide bonds. The van der Waals surface area contributed by atoms with Crippen molar-refractivity contribution >= 4 is 16.7 Å². The molecule has 1 atom stereocenters. The first-order chi connectivity index (χ1) is 5.86. The molecule has 0 aromatic carbocycles. The van der Waals surface area contributed by atoms with E-state index in [0.29, 0.717) is 11.0 Å². The monoisotopic (exact) mass is 185 g/mol. The minimum atomic E-state index is 0.368. The lowest BCUT2D eigenvalue weighted by Crippen LogP contribution is -2.16. The first kappa shape index (κ1) is 7.94. The first-order valence-corrected chi connectivity index (χ1v) is 4.80. The molecule has 1 aliphatic heterocycles. The fraction of sp³-hybridized carbons (Fsp3) is 0.714. The maximum Gasteiger partial charge on any atom is 0.199 e. The highest BCUT2D eigenvalue weighted by atomic mass is 32.1. The molecule has 66 valence electrons. The van der Waals surface area contributed by atoms with Gasteiger partial charge in [0.25, 0.3) is 0 Å². The first-order valence-electron chi connectivity index (χ1n) is 4.03. The van der Waals surface area contributed by atoms with Crippen LogP contribution in [0.4, 0.5) is 5.13 Å². The van der Waals surface area contributed by atoms with E-state index in [1.54, 1.807) is 0 Å². The highest BCUT2D eigenvalue weighted by Crippen LogP contribution is 2.24. The summed E-state index contributed by atoms with van der Waals surface area (Å²) in [5.41, 5.74) is 5.49. The summed E-state index contributed by atoms with van der Waals surface area (Å²) < 4.78 is 9.49. The molecular weight excluding hydrogens is 174 g/mol.